The van der Waals surface area contributed by atoms with Crippen LogP contribution < -0.4 is 4.74 Å². The van der Waals surface area contributed by atoms with Gasteiger partial charge < -0.3 is 4.74 Å². The highest BCUT2D eigenvalue weighted by molar-refractivity contribution is 5.92. The molecule has 1 fully saturated rings. The summed E-state index contributed by atoms with van der Waals surface area (Å²) in [7, 11) is 1.66. The fraction of sp³-hybridized carbons (Fsp3) is 0.462. The molecule has 2 rings (SSSR count). The highest BCUT2D eigenvalue weighted by atomic mass is 16.5. The number of hydrogen-bond acceptors (Lipinski definition) is 2. The second kappa shape index (κ2) is 3.37. The predicted molar refractivity (Wildman–Crippen MR) is 59.3 cm³/mol. The first kappa shape index (κ1) is 10.2. The molecule has 80 valence electrons. The summed E-state index contributed by atoms with van der Waals surface area (Å²) in [6.07, 6.45) is 1.92. The Bertz CT molecular complexity index is 403. The Labute approximate surface area is 90.3 Å². The maximum absolute atomic E-state index is 11.7. The number of rotatable bonds is 3. The summed E-state index contributed by atoms with van der Waals surface area (Å²) in [4.78, 5) is 11.7. The van der Waals surface area contributed by atoms with Crippen LogP contribution in [0.15, 0.2) is 18.2 Å². The molecule has 0 spiro atoms. The fourth-order valence-corrected chi connectivity index (χ4v) is 2.13. The summed E-state index contributed by atoms with van der Waals surface area (Å²) < 4.78 is 5.32. The Morgan fingerprint density at radius 2 is 2.07 bits per heavy atom. The Hall–Kier alpha value is -1.31. The van der Waals surface area contributed by atoms with Gasteiger partial charge in [0.25, 0.3) is 0 Å². The molecule has 1 saturated carbocycles. The van der Waals surface area contributed by atoms with Crippen LogP contribution in [-0.4, -0.2) is 12.9 Å². The zero-order valence-corrected chi connectivity index (χ0v) is 9.46. The molecule has 0 aliphatic heterocycles. The van der Waals surface area contributed by atoms with Crippen LogP contribution in [-0.2, 0) is 10.2 Å². The molecule has 15 heavy (non-hydrogen) atoms. The average molecular weight is 204 g/mol. The summed E-state index contributed by atoms with van der Waals surface area (Å²) in [5.74, 6) is 1.10. The number of Topliss-reactive ketones (excluding diaryl/α,β-unsaturated/α-hetero) is 1. The van der Waals surface area contributed by atoms with Gasteiger partial charge in [0.15, 0.2) is 0 Å². The van der Waals surface area contributed by atoms with Crippen molar-refractivity contribution in [2.24, 2.45) is 0 Å². The van der Waals surface area contributed by atoms with Crippen molar-refractivity contribution in [1.82, 2.24) is 0 Å². The predicted octanol–water partition coefficient (Wildman–Crippen LogP) is 2.62. The van der Waals surface area contributed by atoms with Crippen molar-refractivity contribution in [3.8, 4) is 5.75 Å². The number of carbonyl (C=O) groups is 1. The van der Waals surface area contributed by atoms with Crippen molar-refractivity contribution in [3.05, 3.63) is 29.3 Å². The van der Waals surface area contributed by atoms with Crippen molar-refractivity contribution in [2.75, 3.05) is 7.11 Å². The number of benzene rings is 1. The van der Waals surface area contributed by atoms with E-state index in [1.54, 1.807) is 14.0 Å². The first-order chi connectivity index (χ1) is 7.10. The quantitative estimate of drug-likeness (QED) is 0.756. The largest absolute Gasteiger partial charge is 0.496 e. The van der Waals surface area contributed by atoms with Gasteiger partial charge >= 0.3 is 0 Å². The Kier molecular flexibility index (Phi) is 2.29. The minimum absolute atomic E-state index is 0.239. The Morgan fingerprint density at radius 3 is 2.53 bits per heavy atom. The van der Waals surface area contributed by atoms with Crippen LogP contribution >= 0.6 is 0 Å². The van der Waals surface area contributed by atoms with Gasteiger partial charge in [0.1, 0.15) is 11.5 Å². The smallest absolute Gasteiger partial charge is 0.140 e. The first-order valence-electron chi connectivity index (χ1n) is 5.26. The van der Waals surface area contributed by atoms with Gasteiger partial charge in [-0.1, -0.05) is 17.7 Å². The Morgan fingerprint density at radius 1 is 1.40 bits per heavy atom. The van der Waals surface area contributed by atoms with E-state index in [-0.39, 0.29) is 11.2 Å². The van der Waals surface area contributed by atoms with Gasteiger partial charge in [0.05, 0.1) is 12.5 Å². The molecule has 0 radical (unpaired) electrons. The minimum Gasteiger partial charge on any atom is -0.496 e. The lowest BCUT2D eigenvalue weighted by Gasteiger charge is -2.16. The van der Waals surface area contributed by atoms with Gasteiger partial charge in [-0.15, -0.1) is 0 Å². The van der Waals surface area contributed by atoms with Gasteiger partial charge in [0.2, 0.25) is 0 Å². The standard InChI is InChI=1S/C13H16O2/c1-9-4-5-12(15-3)11(8-9)13(6-7-13)10(2)14/h4-5,8H,6-7H2,1-3H3. The van der Waals surface area contributed by atoms with Gasteiger partial charge in [-0.2, -0.15) is 0 Å². The van der Waals surface area contributed by atoms with Gasteiger partial charge in [0, 0.05) is 5.56 Å². The first-order valence-corrected chi connectivity index (χ1v) is 5.26. The molecule has 0 unspecified atom stereocenters. The van der Waals surface area contributed by atoms with E-state index in [4.69, 9.17) is 4.74 Å². The van der Waals surface area contributed by atoms with Crippen LogP contribution in [0.4, 0.5) is 0 Å². The minimum atomic E-state index is -0.239. The monoisotopic (exact) mass is 204 g/mol. The molecule has 0 atom stereocenters. The van der Waals surface area contributed by atoms with E-state index in [0.29, 0.717) is 0 Å². The Balaban J connectivity index is 2.51. The second-order valence-corrected chi connectivity index (χ2v) is 4.34. The molecule has 1 aromatic rings. The molecular weight excluding hydrogens is 188 g/mol. The van der Waals surface area contributed by atoms with Gasteiger partial charge in [-0.25, -0.2) is 0 Å². The van der Waals surface area contributed by atoms with E-state index in [0.717, 1.165) is 24.2 Å². The van der Waals surface area contributed by atoms with E-state index < -0.39 is 0 Å². The number of methoxy groups -OCH3 is 1. The number of aryl methyl sites for hydroxylation is 1. The second-order valence-electron chi connectivity index (χ2n) is 4.34. The fourth-order valence-electron chi connectivity index (χ4n) is 2.13. The van der Waals surface area contributed by atoms with Crippen molar-refractivity contribution in [1.29, 1.82) is 0 Å². The number of ether oxygens (including phenoxy) is 1. The third-order valence-electron chi connectivity index (χ3n) is 3.29. The molecule has 0 heterocycles. The lowest BCUT2D eigenvalue weighted by molar-refractivity contribution is -0.119. The molecule has 0 amide bonds. The number of carbonyl (C=O) groups excluding carboxylic acids is 1. The molecule has 1 aliphatic carbocycles. The third kappa shape index (κ3) is 1.54. The van der Waals surface area contributed by atoms with E-state index in [1.165, 1.54) is 5.56 Å². The maximum atomic E-state index is 11.7. The molecule has 0 N–H and O–H groups in total. The summed E-state index contributed by atoms with van der Waals surface area (Å²) in [6.45, 7) is 3.72. The normalized spacial score (nSPS) is 17.3. The van der Waals surface area contributed by atoms with E-state index >= 15 is 0 Å². The number of hydrogen-bond donors (Lipinski definition) is 0. The summed E-state index contributed by atoms with van der Waals surface area (Å²) >= 11 is 0. The third-order valence-corrected chi connectivity index (χ3v) is 3.29. The van der Waals surface area contributed by atoms with Gasteiger partial charge in [-0.05, 0) is 32.8 Å². The molecule has 0 bridgehead atoms. The number of ketones is 1. The highest BCUT2D eigenvalue weighted by Crippen LogP contribution is 2.52. The lowest BCUT2D eigenvalue weighted by atomic mass is 9.90. The summed E-state index contributed by atoms with van der Waals surface area (Å²) in [6, 6.07) is 6.04. The van der Waals surface area contributed by atoms with Crippen molar-refractivity contribution in [2.45, 2.75) is 32.1 Å². The van der Waals surface area contributed by atoms with Crippen molar-refractivity contribution < 1.29 is 9.53 Å². The molecular formula is C13H16O2. The molecule has 0 saturated heterocycles. The van der Waals surface area contributed by atoms with Crippen LogP contribution in [0.25, 0.3) is 0 Å². The highest BCUT2D eigenvalue weighted by Gasteiger charge is 2.50. The van der Waals surface area contributed by atoms with E-state index in [1.807, 2.05) is 19.1 Å². The summed E-state index contributed by atoms with van der Waals surface area (Å²) in [5.41, 5.74) is 2.01. The van der Waals surface area contributed by atoms with Crippen LogP contribution in [0.1, 0.15) is 30.9 Å². The molecule has 1 aromatic carbocycles. The van der Waals surface area contributed by atoms with Gasteiger partial charge in [-0.3, -0.25) is 4.79 Å². The zero-order chi connectivity index (χ0) is 11.1. The summed E-state index contributed by atoms with van der Waals surface area (Å²) in [5, 5.41) is 0. The molecule has 1 aliphatic rings. The topological polar surface area (TPSA) is 26.3 Å². The molecule has 2 heteroatoms. The maximum Gasteiger partial charge on any atom is 0.140 e. The van der Waals surface area contributed by atoms with Crippen LogP contribution in [0.5, 0.6) is 5.75 Å². The van der Waals surface area contributed by atoms with E-state index in [9.17, 15) is 4.79 Å². The van der Waals surface area contributed by atoms with Crippen molar-refractivity contribution in [3.63, 3.8) is 0 Å². The van der Waals surface area contributed by atoms with E-state index in [2.05, 4.69) is 6.07 Å². The van der Waals surface area contributed by atoms with Crippen LogP contribution in [0.3, 0.4) is 0 Å². The van der Waals surface area contributed by atoms with Crippen LogP contribution in [0, 0.1) is 6.92 Å². The average Bonchev–Trinajstić information content (AvgIpc) is 2.98. The van der Waals surface area contributed by atoms with Crippen molar-refractivity contribution >= 4 is 5.78 Å². The zero-order valence-electron chi connectivity index (χ0n) is 9.46. The molecule has 2 nitrogen and oxygen atoms in total. The lowest BCUT2D eigenvalue weighted by Crippen LogP contribution is -2.18. The van der Waals surface area contributed by atoms with Crippen LogP contribution in [0.2, 0.25) is 0 Å². The molecule has 0 aromatic heterocycles. The SMILES string of the molecule is COc1ccc(C)cc1C1(C(C)=O)CC1.